The molecule has 0 saturated carbocycles. The molecule has 1 aromatic rings. The molecule has 3 nitrogen and oxygen atoms in total. The lowest BCUT2D eigenvalue weighted by atomic mass is 10.2. The van der Waals surface area contributed by atoms with Gasteiger partial charge in [-0.2, -0.15) is 0 Å². The molecule has 1 rings (SSSR count). The molecule has 1 aromatic carbocycles. The molecule has 1 unspecified atom stereocenters. The molecule has 1 atom stereocenters. The van der Waals surface area contributed by atoms with Gasteiger partial charge in [0, 0.05) is 7.11 Å². The number of nitrogens with one attached hydrogen (secondary N) is 1. The van der Waals surface area contributed by atoms with E-state index in [4.69, 9.17) is 9.47 Å². The highest BCUT2D eigenvalue weighted by Gasteiger charge is 2.06. The molecular formula is C13H21NO2. The Morgan fingerprint density at radius 1 is 1.31 bits per heavy atom. The largest absolute Gasteiger partial charge is 0.492 e. The summed E-state index contributed by atoms with van der Waals surface area (Å²) in [5.41, 5.74) is 1.30. The van der Waals surface area contributed by atoms with E-state index in [0.717, 1.165) is 12.2 Å². The zero-order valence-electron chi connectivity index (χ0n) is 10.3. The topological polar surface area (TPSA) is 30.5 Å². The van der Waals surface area contributed by atoms with E-state index in [-0.39, 0.29) is 6.04 Å². The third-order valence-corrected chi connectivity index (χ3v) is 2.53. The molecule has 0 aliphatic carbocycles. The molecule has 0 fully saturated rings. The summed E-state index contributed by atoms with van der Waals surface area (Å²) in [6, 6.07) is 8.43. The summed E-state index contributed by atoms with van der Waals surface area (Å²) in [7, 11) is 3.61. The fraction of sp³-hybridized carbons (Fsp3) is 0.538. The summed E-state index contributed by atoms with van der Waals surface area (Å²) in [4.78, 5) is 0. The maximum Gasteiger partial charge on any atom is 0.119 e. The SMILES string of the molecule is CCc1cccc(OCC(COC)NC)c1. The van der Waals surface area contributed by atoms with Gasteiger partial charge in [-0.25, -0.2) is 0 Å². The Balaban J connectivity index is 2.46. The second kappa shape index (κ2) is 7.25. The highest BCUT2D eigenvalue weighted by Crippen LogP contribution is 2.13. The average molecular weight is 223 g/mol. The Kier molecular flexibility index (Phi) is 5.90. The molecule has 0 saturated heterocycles. The first-order valence-electron chi connectivity index (χ1n) is 5.68. The number of hydrogen-bond donors (Lipinski definition) is 1. The predicted molar refractivity (Wildman–Crippen MR) is 66.0 cm³/mol. The van der Waals surface area contributed by atoms with Gasteiger partial charge in [0.05, 0.1) is 12.6 Å². The summed E-state index contributed by atoms with van der Waals surface area (Å²) < 4.78 is 10.8. The highest BCUT2D eigenvalue weighted by atomic mass is 16.5. The number of ether oxygens (including phenoxy) is 2. The number of rotatable bonds is 7. The van der Waals surface area contributed by atoms with Crippen molar-refractivity contribution in [2.45, 2.75) is 19.4 Å². The third-order valence-electron chi connectivity index (χ3n) is 2.53. The van der Waals surface area contributed by atoms with E-state index in [1.165, 1.54) is 5.56 Å². The lowest BCUT2D eigenvalue weighted by Gasteiger charge is -2.16. The minimum absolute atomic E-state index is 0.232. The van der Waals surface area contributed by atoms with Crippen LogP contribution in [0.5, 0.6) is 5.75 Å². The molecule has 0 amide bonds. The van der Waals surface area contributed by atoms with E-state index in [2.05, 4.69) is 24.4 Å². The van der Waals surface area contributed by atoms with Crippen LogP contribution in [-0.4, -0.2) is 33.4 Å². The van der Waals surface area contributed by atoms with Crippen LogP contribution in [-0.2, 0) is 11.2 Å². The predicted octanol–water partition coefficient (Wildman–Crippen LogP) is 1.86. The smallest absolute Gasteiger partial charge is 0.119 e. The van der Waals surface area contributed by atoms with Gasteiger partial charge in [0.15, 0.2) is 0 Å². The van der Waals surface area contributed by atoms with Crippen LogP contribution in [0.4, 0.5) is 0 Å². The van der Waals surface area contributed by atoms with Gasteiger partial charge in [-0.15, -0.1) is 0 Å². The van der Waals surface area contributed by atoms with E-state index >= 15 is 0 Å². The first kappa shape index (κ1) is 13.0. The van der Waals surface area contributed by atoms with Crippen molar-refractivity contribution in [3.8, 4) is 5.75 Å². The van der Waals surface area contributed by atoms with Crippen molar-refractivity contribution in [2.24, 2.45) is 0 Å². The van der Waals surface area contributed by atoms with Gasteiger partial charge < -0.3 is 14.8 Å². The Bertz CT molecular complexity index is 302. The standard InChI is InChI=1S/C13H21NO2/c1-4-11-6-5-7-13(8-11)16-10-12(14-2)9-15-3/h5-8,12,14H,4,9-10H2,1-3H3. The van der Waals surface area contributed by atoms with Gasteiger partial charge in [0.1, 0.15) is 12.4 Å². The average Bonchev–Trinajstić information content (AvgIpc) is 2.34. The molecule has 16 heavy (non-hydrogen) atoms. The molecule has 0 spiro atoms. The molecule has 0 heterocycles. The normalized spacial score (nSPS) is 12.4. The molecule has 90 valence electrons. The zero-order valence-corrected chi connectivity index (χ0v) is 10.3. The van der Waals surface area contributed by atoms with Gasteiger partial charge in [-0.3, -0.25) is 0 Å². The summed E-state index contributed by atoms with van der Waals surface area (Å²) in [5.74, 6) is 0.927. The number of likely N-dealkylation sites (N-methyl/N-ethyl adjacent to an activating group) is 1. The number of benzene rings is 1. The van der Waals surface area contributed by atoms with Crippen LogP contribution in [0.3, 0.4) is 0 Å². The van der Waals surface area contributed by atoms with Crippen LogP contribution in [0.25, 0.3) is 0 Å². The molecule has 0 aliphatic rings. The quantitative estimate of drug-likeness (QED) is 0.765. The van der Waals surface area contributed by atoms with Crippen molar-refractivity contribution in [1.29, 1.82) is 0 Å². The minimum Gasteiger partial charge on any atom is -0.492 e. The molecule has 1 N–H and O–H groups in total. The van der Waals surface area contributed by atoms with Gasteiger partial charge in [-0.05, 0) is 31.2 Å². The van der Waals surface area contributed by atoms with Crippen LogP contribution >= 0.6 is 0 Å². The number of hydrogen-bond acceptors (Lipinski definition) is 3. The molecular weight excluding hydrogens is 202 g/mol. The van der Waals surface area contributed by atoms with E-state index in [1.54, 1.807) is 7.11 Å². The van der Waals surface area contributed by atoms with Gasteiger partial charge in [-0.1, -0.05) is 19.1 Å². The first-order valence-corrected chi connectivity index (χ1v) is 5.68. The second-order valence-corrected chi connectivity index (χ2v) is 3.75. The fourth-order valence-corrected chi connectivity index (χ4v) is 1.47. The molecule has 0 radical (unpaired) electrons. The lowest BCUT2D eigenvalue weighted by Crippen LogP contribution is -2.35. The van der Waals surface area contributed by atoms with Gasteiger partial charge in [0.25, 0.3) is 0 Å². The van der Waals surface area contributed by atoms with Crippen molar-refractivity contribution in [3.05, 3.63) is 29.8 Å². The van der Waals surface area contributed by atoms with Crippen molar-refractivity contribution in [3.63, 3.8) is 0 Å². The van der Waals surface area contributed by atoms with Crippen LogP contribution in [0, 0.1) is 0 Å². The lowest BCUT2D eigenvalue weighted by molar-refractivity contribution is 0.140. The Morgan fingerprint density at radius 3 is 2.75 bits per heavy atom. The van der Waals surface area contributed by atoms with Crippen LogP contribution in [0.15, 0.2) is 24.3 Å². The van der Waals surface area contributed by atoms with Crippen LogP contribution in [0.1, 0.15) is 12.5 Å². The Labute approximate surface area is 97.8 Å². The molecule has 3 heteroatoms. The van der Waals surface area contributed by atoms with Gasteiger partial charge >= 0.3 is 0 Å². The summed E-state index contributed by atoms with van der Waals surface area (Å²) in [6.07, 6.45) is 1.03. The monoisotopic (exact) mass is 223 g/mol. The molecule has 0 aliphatic heterocycles. The van der Waals surface area contributed by atoms with Gasteiger partial charge in [0.2, 0.25) is 0 Å². The van der Waals surface area contributed by atoms with Crippen molar-refractivity contribution < 1.29 is 9.47 Å². The number of aryl methyl sites for hydroxylation is 1. The van der Waals surface area contributed by atoms with Crippen LogP contribution in [0.2, 0.25) is 0 Å². The Hall–Kier alpha value is -1.06. The maximum absolute atomic E-state index is 5.71. The van der Waals surface area contributed by atoms with Crippen molar-refractivity contribution in [2.75, 3.05) is 27.4 Å². The third kappa shape index (κ3) is 4.21. The first-order chi connectivity index (χ1) is 7.80. The van der Waals surface area contributed by atoms with Crippen molar-refractivity contribution in [1.82, 2.24) is 5.32 Å². The summed E-state index contributed by atoms with van der Waals surface area (Å²) in [6.45, 7) is 3.42. The minimum atomic E-state index is 0.232. The highest BCUT2D eigenvalue weighted by molar-refractivity contribution is 5.28. The molecule has 0 aromatic heterocycles. The van der Waals surface area contributed by atoms with E-state index in [9.17, 15) is 0 Å². The summed E-state index contributed by atoms with van der Waals surface area (Å²) >= 11 is 0. The zero-order chi connectivity index (χ0) is 11.8. The van der Waals surface area contributed by atoms with Crippen molar-refractivity contribution >= 4 is 0 Å². The van der Waals surface area contributed by atoms with Crippen LogP contribution < -0.4 is 10.1 Å². The summed E-state index contributed by atoms with van der Waals surface area (Å²) in [5, 5.41) is 3.15. The van der Waals surface area contributed by atoms with E-state index < -0.39 is 0 Å². The molecule has 0 bridgehead atoms. The van der Waals surface area contributed by atoms with E-state index in [0.29, 0.717) is 13.2 Å². The fourth-order valence-electron chi connectivity index (χ4n) is 1.47. The Morgan fingerprint density at radius 2 is 2.12 bits per heavy atom. The number of methoxy groups -OCH3 is 1. The second-order valence-electron chi connectivity index (χ2n) is 3.75. The van der Waals surface area contributed by atoms with E-state index in [1.807, 2.05) is 19.2 Å². The maximum atomic E-state index is 5.71.